The number of benzene rings is 1. The molecule has 0 aliphatic heterocycles. The molecule has 0 aliphatic carbocycles. The van der Waals surface area contributed by atoms with Gasteiger partial charge in [-0.25, -0.2) is 12.7 Å². The molecule has 0 radical (unpaired) electrons. The van der Waals surface area contributed by atoms with E-state index in [1.54, 1.807) is 32.0 Å². The van der Waals surface area contributed by atoms with Crippen molar-refractivity contribution in [2.75, 3.05) is 18.1 Å². The predicted molar refractivity (Wildman–Crippen MR) is 81.7 cm³/mol. The monoisotopic (exact) mass is 374 g/mol. The van der Waals surface area contributed by atoms with Gasteiger partial charge in [-0.05, 0) is 41.9 Å². The number of methoxy groups -OCH3 is 1. The van der Waals surface area contributed by atoms with Crippen LogP contribution in [0.5, 0.6) is 0 Å². The largest absolute Gasteiger partial charge is 0.363 e. The number of ether oxygens (including phenoxy) is 1. The molecule has 2 rings (SSSR count). The minimum absolute atomic E-state index is 0.141. The first-order valence-corrected chi connectivity index (χ1v) is 8.32. The molecule has 6 nitrogen and oxygen atoms in total. The van der Waals surface area contributed by atoms with E-state index in [0.717, 1.165) is 4.31 Å². The Morgan fingerprint density at radius 1 is 1.33 bits per heavy atom. The summed E-state index contributed by atoms with van der Waals surface area (Å²) in [6.07, 6.45) is 0. The molecule has 1 heterocycles. The second kappa shape index (κ2) is 6.17. The van der Waals surface area contributed by atoms with Gasteiger partial charge in [0.05, 0.1) is 0 Å². The van der Waals surface area contributed by atoms with Crippen LogP contribution in [0.15, 0.2) is 38.2 Å². The van der Waals surface area contributed by atoms with Crippen molar-refractivity contribution in [1.29, 1.82) is 0 Å². The van der Waals surface area contributed by atoms with E-state index < -0.39 is 10.0 Å². The van der Waals surface area contributed by atoms with Crippen LogP contribution in [0, 0.1) is 13.8 Å². The molecule has 0 spiro atoms. The van der Waals surface area contributed by atoms with Crippen molar-refractivity contribution in [1.82, 2.24) is 5.16 Å². The van der Waals surface area contributed by atoms with Gasteiger partial charge in [-0.3, -0.25) is 0 Å². The topological polar surface area (TPSA) is 72.6 Å². The number of rotatable bonds is 5. The van der Waals surface area contributed by atoms with E-state index in [1.807, 2.05) is 0 Å². The summed E-state index contributed by atoms with van der Waals surface area (Å²) < 4.78 is 37.3. The lowest BCUT2D eigenvalue weighted by molar-refractivity contribution is 0.208. The van der Waals surface area contributed by atoms with Crippen LogP contribution in [0.3, 0.4) is 0 Å². The SMILES string of the molecule is COCN(c1noc(C)c1C)S(=O)(=O)c1ccccc1Br. The third-order valence-corrected chi connectivity index (χ3v) is 5.74. The van der Waals surface area contributed by atoms with E-state index >= 15 is 0 Å². The first kappa shape index (κ1) is 16.0. The van der Waals surface area contributed by atoms with Crippen LogP contribution in [-0.2, 0) is 14.8 Å². The number of hydrogen-bond acceptors (Lipinski definition) is 5. The average molecular weight is 375 g/mol. The second-order valence-electron chi connectivity index (χ2n) is 4.39. The van der Waals surface area contributed by atoms with Crippen LogP contribution in [0.4, 0.5) is 5.82 Å². The minimum Gasteiger partial charge on any atom is -0.363 e. The van der Waals surface area contributed by atoms with Crippen LogP contribution in [-0.4, -0.2) is 27.4 Å². The summed E-state index contributed by atoms with van der Waals surface area (Å²) in [5.74, 6) is 0.790. The van der Waals surface area contributed by atoms with E-state index in [0.29, 0.717) is 15.8 Å². The van der Waals surface area contributed by atoms with Crippen molar-refractivity contribution in [2.45, 2.75) is 18.7 Å². The predicted octanol–water partition coefficient (Wildman–Crippen LogP) is 2.85. The Morgan fingerprint density at radius 2 is 2.00 bits per heavy atom. The Labute approximate surface area is 131 Å². The summed E-state index contributed by atoms with van der Waals surface area (Å²) >= 11 is 3.26. The average Bonchev–Trinajstić information content (AvgIpc) is 2.76. The number of aromatic nitrogens is 1. The summed E-state index contributed by atoms with van der Waals surface area (Å²) in [5.41, 5.74) is 0.655. The smallest absolute Gasteiger partial charge is 0.268 e. The quantitative estimate of drug-likeness (QED) is 0.752. The van der Waals surface area contributed by atoms with Gasteiger partial charge in [-0.15, -0.1) is 0 Å². The molecule has 114 valence electrons. The Morgan fingerprint density at radius 3 is 2.52 bits per heavy atom. The lowest BCUT2D eigenvalue weighted by Crippen LogP contribution is -2.33. The van der Waals surface area contributed by atoms with E-state index in [1.165, 1.54) is 13.2 Å². The lowest BCUT2D eigenvalue weighted by atomic mass is 10.3. The fourth-order valence-electron chi connectivity index (χ4n) is 1.77. The van der Waals surface area contributed by atoms with Crippen molar-refractivity contribution in [3.8, 4) is 0 Å². The van der Waals surface area contributed by atoms with Crippen LogP contribution in [0.25, 0.3) is 0 Å². The molecule has 0 bridgehead atoms. The van der Waals surface area contributed by atoms with E-state index in [4.69, 9.17) is 9.26 Å². The number of sulfonamides is 1. The summed E-state index contributed by atoms with van der Waals surface area (Å²) in [5, 5.41) is 3.83. The maximum absolute atomic E-state index is 12.8. The normalized spacial score (nSPS) is 11.6. The van der Waals surface area contributed by atoms with Gasteiger partial charge in [0.2, 0.25) is 0 Å². The van der Waals surface area contributed by atoms with Crippen LogP contribution >= 0.6 is 15.9 Å². The highest BCUT2D eigenvalue weighted by Gasteiger charge is 2.30. The molecule has 2 aromatic rings. The van der Waals surface area contributed by atoms with Crippen LogP contribution in [0.1, 0.15) is 11.3 Å². The zero-order valence-electron chi connectivity index (χ0n) is 11.8. The third-order valence-electron chi connectivity index (χ3n) is 3.02. The van der Waals surface area contributed by atoms with Crippen molar-refractivity contribution in [3.05, 3.63) is 40.1 Å². The number of hydrogen-bond donors (Lipinski definition) is 0. The summed E-state index contributed by atoms with van der Waals surface area (Å²) in [6, 6.07) is 6.59. The highest BCUT2D eigenvalue weighted by molar-refractivity contribution is 9.10. The molecule has 0 amide bonds. The molecule has 0 saturated carbocycles. The van der Waals surface area contributed by atoms with E-state index in [-0.39, 0.29) is 17.4 Å². The first-order valence-electron chi connectivity index (χ1n) is 6.08. The van der Waals surface area contributed by atoms with E-state index in [2.05, 4.69) is 21.1 Å². The van der Waals surface area contributed by atoms with Gasteiger partial charge < -0.3 is 9.26 Å². The lowest BCUT2D eigenvalue weighted by Gasteiger charge is -2.22. The Bertz CT molecular complexity index is 742. The second-order valence-corrected chi connectivity index (χ2v) is 7.07. The summed E-state index contributed by atoms with van der Waals surface area (Å²) in [6.45, 7) is 3.32. The molecule has 21 heavy (non-hydrogen) atoms. The van der Waals surface area contributed by atoms with Gasteiger partial charge >= 0.3 is 0 Å². The molecule has 1 aromatic carbocycles. The van der Waals surface area contributed by atoms with Crippen LogP contribution in [0.2, 0.25) is 0 Å². The van der Waals surface area contributed by atoms with Crippen LogP contribution < -0.4 is 4.31 Å². The van der Waals surface area contributed by atoms with E-state index in [9.17, 15) is 8.42 Å². The van der Waals surface area contributed by atoms with Gasteiger partial charge in [0, 0.05) is 17.1 Å². The highest BCUT2D eigenvalue weighted by Crippen LogP contribution is 2.30. The maximum atomic E-state index is 12.8. The van der Waals surface area contributed by atoms with Crippen molar-refractivity contribution in [3.63, 3.8) is 0 Å². The number of nitrogens with zero attached hydrogens (tertiary/aromatic N) is 2. The fraction of sp³-hybridized carbons (Fsp3) is 0.308. The molecule has 0 aliphatic rings. The van der Waals surface area contributed by atoms with Gasteiger partial charge in [-0.1, -0.05) is 17.3 Å². The molecule has 8 heteroatoms. The molecule has 0 atom stereocenters. The summed E-state index contributed by atoms with van der Waals surface area (Å²) in [4.78, 5) is 0.141. The minimum atomic E-state index is -3.82. The number of anilines is 1. The number of halogens is 1. The molecular formula is C13H15BrN2O4S. The van der Waals surface area contributed by atoms with Gasteiger partial charge in [0.1, 0.15) is 17.4 Å². The van der Waals surface area contributed by atoms with Crippen molar-refractivity contribution >= 4 is 31.8 Å². The molecule has 0 N–H and O–H groups in total. The molecular weight excluding hydrogens is 360 g/mol. The number of aryl methyl sites for hydroxylation is 1. The van der Waals surface area contributed by atoms with Crippen molar-refractivity contribution in [2.24, 2.45) is 0 Å². The molecule has 1 aromatic heterocycles. The third kappa shape index (κ3) is 2.97. The highest BCUT2D eigenvalue weighted by atomic mass is 79.9. The Kier molecular flexibility index (Phi) is 4.70. The van der Waals surface area contributed by atoms with Crippen molar-refractivity contribution < 1.29 is 17.7 Å². The zero-order valence-corrected chi connectivity index (χ0v) is 14.2. The molecule has 0 unspecified atom stereocenters. The Balaban J connectivity index is 2.57. The Hall–Kier alpha value is -1.38. The zero-order chi connectivity index (χ0) is 15.6. The van der Waals surface area contributed by atoms with Gasteiger partial charge in [0.15, 0.2) is 5.82 Å². The van der Waals surface area contributed by atoms with Gasteiger partial charge in [-0.2, -0.15) is 0 Å². The standard InChI is InChI=1S/C13H15BrN2O4S/c1-9-10(2)20-15-13(9)16(8-19-3)21(17,18)12-7-5-4-6-11(12)14/h4-7H,8H2,1-3H3. The maximum Gasteiger partial charge on any atom is 0.268 e. The molecule has 0 fully saturated rings. The first-order chi connectivity index (χ1) is 9.89. The summed E-state index contributed by atoms with van der Waals surface area (Å²) in [7, 11) is -2.40. The fourth-order valence-corrected chi connectivity index (χ4v) is 4.12. The van der Waals surface area contributed by atoms with Gasteiger partial charge in [0.25, 0.3) is 10.0 Å². The molecule has 0 saturated heterocycles.